The lowest BCUT2D eigenvalue weighted by Gasteiger charge is -2.28. The van der Waals surface area contributed by atoms with Crippen molar-refractivity contribution in [3.8, 4) is 0 Å². The van der Waals surface area contributed by atoms with E-state index >= 15 is 0 Å². The molecule has 0 fully saturated rings. The molecule has 23 heavy (non-hydrogen) atoms. The van der Waals surface area contributed by atoms with Gasteiger partial charge in [-0.25, -0.2) is 4.98 Å². The van der Waals surface area contributed by atoms with Crippen LogP contribution in [0.2, 0.25) is 10.0 Å². The Bertz CT molecular complexity index is 952. The molecule has 0 bridgehead atoms. The third-order valence-electron chi connectivity index (χ3n) is 3.68. The fraction of sp³-hybridized carbons (Fsp3) is 0.133. The van der Waals surface area contributed by atoms with Crippen LogP contribution < -0.4 is 10.6 Å². The summed E-state index contributed by atoms with van der Waals surface area (Å²) >= 11 is 12.2. The summed E-state index contributed by atoms with van der Waals surface area (Å²) < 4.78 is 1.63. The van der Waals surface area contributed by atoms with Gasteiger partial charge in [-0.15, -0.1) is 0 Å². The molecule has 0 radical (unpaired) electrons. The average molecular weight is 348 g/mol. The second-order valence-corrected chi connectivity index (χ2v) is 6.14. The highest BCUT2D eigenvalue weighted by Crippen LogP contribution is 2.31. The van der Waals surface area contributed by atoms with Gasteiger partial charge >= 0.3 is 0 Å². The van der Waals surface area contributed by atoms with Crippen molar-refractivity contribution in [1.29, 1.82) is 0 Å². The van der Waals surface area contributed by atoms with Crippen LogP contribution in [0.15, 0.2) is 30.5 Å². The smallest absolute Gasteiger partial charge is 0.258 e. The number of hydrogen-bond acceptors (Lipinski definition) is 4. The molecule has 4 rings (SSSR count). The van der Waals surface area contributed by atoms with E-state index in [0.717, 1.165) is 11.3 Å². The van der Waals surface area contributed by atoms with Crippen molar-refractivity contribution >= 4 is 40.6 Å². The van der Waals surface area contributed by atoms with Crippen molar-refractivity contribution in [2.24, 2.45) is 0 Å². The van der Waals surface area contributed by atoms with Crippen LogP contribution in [0.1, 0.15) is 27.8 Å². The predicted octanol–water partition coefficient (Wildman–Crippen LogP) is 3.20. The van der Waals surface area contributed by atoms with Crippen LogP contribution in [0, 0.1) is 6.92 Å². The molecule has 8 heteroatoms. The summed E-state index contributed by atoms with van der Waals surface area (Å²) in [5.41, 5.74) is 2.65. The van der Waals surface area contributed by atoms with Gasteiger partial charge in [0.05, 0.1) is 5.69 Å². The molecule has 0 aliphatic carbocycles. The standard InChI is InChI=1S/C15H11Cl2N5O/c1-7-4-12-18-6-10-14(22(12)21-7)19-13(20-15(10)23)9-3-2-8(16)5-11(9)17/h2-6,13,19H,1H3,(H,20,23)/t13-/m1/s1. The SMILES string of the molecule is Cc1cc2ncc3c(n2n1)N[C@@H](c1ccc(Cl)cc1Cl)NC3=O. The van der Waals surface area contributed by atoms with E-state index in [9.17, 15) is 4.79 Å². The highest BCUT2D eigenvalue weighted by molar-refractivity contribution is 6.35. The Kier molecular flexibility index (Phi) is 3.18. The minimum absolute atomic E-state index is 0.239. The highest BCUT2D eigenvalue weighted by Gasteiger charge is 2.28. The summed E-state index contributed by atoms with van der Waals surface area (Å²) in [5, 5.41) is 11.5. The van der Waals surface area contributed by atoms with Crippen LogP contribution in [0.25, 0.3) is 5.65 Å². The number of hydrogen-bond donors (Lipinski definition) is 2. The van der Waals surface area contributed by atoms with Crippen molar-refractivity contribution < 1.29 is 4.79 Å². The Hall–Kier alpha value is -2.31. The van der Waals surface area contributed by atoms with Crippen LogP contribution in [0.3, 0.4) is 0 Å². The molecule has 6 nitrogen and oxygen atoms in total. The number of fused-ring (bicyclic) bond motifs is 3. The first kappa shape index (κ1) is 14.3. The zero-order valence-corrected chi connectivity index (χ0v) is 13.5. The maximum Gasteiger partial charge on any atom is 0.258 e. The van der Waals surface area contributed by atoms with Gasteiger partial charge in [0.25, 0.3) is 5.91 Å². The zero-order valence-electron chi connectivity index (χ0n) is 12.0. The fourth-order valence-electron chi connectivity index (χ4n) is 2.63. The lowest BCUT2D eigenvalue weighted by atomic mass is 10.1. The van der Waals surface area contributed by atoms with Gasteiger partial charge in [0.2, 0.25) is 0 Å². The molecule has 1 aliphatic heterocycles. The van der Waals surface area contributed by atoms with Gasteiger partial charge in [0.1, 0.15) is 17.5 Å². The lowest BCUT2D eigenvalue weighted by Crippen LogP contribution is -2.39. The number of carbonyl (C=O) groups excluding carboxylic acids is 1. The molecule has 3 aromatic rings. The van der Waals surface area contributed by atoms with Crippen LogP contribution in [-0.2, 0) is 0 Å². The Labute approximate surface area is 141 Å². The molecule has 116 valence electrons. The molecular formula is C15H11Cl2N5O. The molecule has 0 spiro atoms. The summed E-state index contributed by atoms with van der Waals surface area (Å²) in [5.74, 6) is 0.347. The minimum atomic E-state index is -0.477. The molecule has 0 saturated heterocycles. The number of aryl methyl sites for hydroxylation is 1. The topological polar surface area (TPSA) is 71.3 Å². The molecule has 1 aliphatic rings. The third-order valence-corrected chi connectivity index (χ3v) is 4.24. The first-order valence-corrected chi connectivity index (χ1v) is 7.66. The van der Waals surface area contributed by atoms with Gasteiger partial charge in [0, 0.05) is 27.9 Å². The fourth-order valence-corrected chi connectivity index (χ4v) is 3.14. The maximum atomic E-state index is 12.4. The Morgan fingerprint density at radius 3 is 2.83 bits per heavy atom. The molecule has 0 saturated carbocycles. The predicted molar refractivity (Wildman–Crippen MR) is 88.0 cm³/mol. The van der Waals surface area contributed by atoms with Crippen LogP contribution in [0.4, 0.5) is 5.82 Å². The Morgan fingerprint density at radius 2 is 2.04 bits per heavy atom. The highest BCUT2D eigenvalue weighted by atomic mass is 35.5. The number of benzene rings is 1. The van der Waals surface area contributed by atoms with E-state index in [2.05, 4.69) is 20.7 Å². The lowest BCUT2D eigenvalue weighted by molar-refractivity contribution is 0.0934. The van der Waals surface area contributed by atoms with Crippen molar-refractivity contribution in [1.82, 2.24) is 19.9 Å². The van der Waals surface area contributed by atoms with E-state index in [0.29, 0.717) is 27.1 Å². The van der Waals surface area contributed by atoms with Gasteiger partial charge in [-0.2, -0.15) is 9.61 Å². The van der Waals surface area contributed by atoms with E-state index in [-0.39, 0.29) is 5.91 Å². The number of halogens is 2. The van der Waals surface area contributed by atoms with E-state index in [1.54, 1.807) is 22.7 Å². The van der Waals surface area contributed by atoms with Gasteiger partial charge < -0.3 is 10.6 Å². The van der Waals surface area contributed by atoms with Gasteiger partial charge in [-0.1, -0.05) is 29.3 Å². The molecule has 0 unspecified atom stereocenters. The first-order chi connectivity index (χ1) is 11.0. The van der Waals surface area contributed by atoms with Crippen molar-refractivity contribution in [2.75, 3.05) is 5.32 Å². The Morgan fingerprint density at radius 1 is 1.22 bits per heavy atom. The van der Waals surface area contributed by atoms with Gasteiger partial charge in [-0.3, -0.25) is 4.79 Å². The second kappa shape index (κ2) is 5.11. The Balaban J connectivity index is 1.84. The average Bonchev–Trinajstić information content (AvgIpc) is 2.88. The van der Waals surface area contributed by atoms with E-state index in [1.165, 1.54) is 6.20 Å². The molecular weight excluding hydrogens is 337 g/mol. The summed E-state index contributed by atoms with van der Waals surface area (Å²) in [6.45, 7) is 1.87. The van der Waals surface area contributed by atoms with Crippen LogP contribution in [-0.4, -0.2) is 20.5 Å². The minimum Gasteiger partial charge on any atom is -0.345 e. The molecule has 2 aromatic heterocycles. The number of nitrogens with one attached hydrogen (secondary N) is 2. The first-order valence-electron chi connectivity index (χ1n) is 6.90. The summed E-state index contributed by atoms with van der Waals surface area (Å²) in [6.07, 6.45) is 1.06. The van der Waals surface area contributed by atoms with Crippen molar-refractivity contribution in [3.63, 3.8) is 0 Å². The quantitative estimate of drug-likeness (QED) is 0.709. The van der Waals surface area contributed by atoms with Crippen molar-refractivity contribution in [2.45, 2.75) is 13.1 Å². The van der Waals surface area contributed by atoms with Crippen molar-refractivity contribution in [3.05, 3.63) is 57.3 Å². The number of amides is 1. The third kappa shape index (κ3) is 2.31. The molecule has 2 N–H and O–H groups in total. The zero-order chi connectivity index (χ0) is 16.1. The summed E-state index contributed by atoms with van der Waals surface area (Å²) in [7, 11) is 0. The molecule has 1 atom stereocenters. The van der Waals surface area contributed by atoms with E-state index < -0.39 is 6.17 Å². The largest absolute Gasteiger partial charge is 0.345 e. The van der Waals surface area contributed by atoms with Gasteiger partial charge in [-0.05, 0) is 19.1 Å². The molecule has 3 heterocycles. The van der Waals surface area contributed by atoms with Gasteiger partial charge in [0.15, 0.2) is 5.65 Å². The monoisotopic (exact) mass is 347 g/mol. The van der Waals surface area contributed by atoms with E-state index in [1.807, 2.05) is 13.0 Å². The second-order valence-electron chi connectivity index (χ2n) is 5.29. The molecule has 1 aromatic carbocycles. The number of aromatic nitrogens is 3. The summed E-state index contributed by atoms with van der Waals surface area (Å²) in [4.78, 5) is 16.6. The number of rotatable bonds is 1. The number of carbonyl (C=O) groups is 1. The number of anilines is 1. The van der Waals surface area contributed by atoms with E-state index in [4.69, 9.17) is 23.2 Å². The number of nitrogens with zero attached hydrogens (tertiary/aromatic N) is 3. The van der Waals surface area contributed by atoms with Crippen LogP contribution >= 0.6 is 23.2 Å². The normalized spacial score (nSPS) is 16.8. The molecule has 1 amide bonds. The maximum absolute atomic E-state index is 12.4. The summed E-state index contributed by atoms with van der Waals surface area (Å²) in [6, 6.07) is 6.99. The van der Waals surface area contributed by atoms with Crippen LogP contribution in [0.5, 0.6) is 0 Å².